The van der Waals surface area contributed by atoms with Crippen LogP contribution in [0.5, 0.6) is 0 Å². The van der Waals surface area contributed by atoms with E-state index in [1.54, 1.807) is 6.92 Å². The number of benzene rings is 1. The number of nitrogens with two attached hydrogens (primary N) is 1. The molecule has 0 atom stereocenters. The second-order valence-electron chi connectivity index (χ2n) is 3.77. The van der Waals surface area contributed by atoms with Crippen LogP contribution in [-0.4, -0.2) is 27.5 Å². The van der Waals surface area contributed by atoms with Gasteiger partial charge in [-0.2, -0.15) is 0 Å². The Labute approximate surface area is 121 Å². The van der Waals surface area contributed by atoms with E-state index in [2.05, 4.69) is 9.46 Å². The molecule has 0 unspecified atom stereocenters. The van der Waals surface area contributed by atoms with Crippen molar-refractivity contribution in [3.8, 4) is 0 Å². The molecular formula is C11H14ClFN2O4S. The minimum Gasteiger partial charge on any atom is -0.466 e. The third kappa shape index (κ3) is 4.32. The highest BCUT2D eigenvalue weighted by molar-refractivity contribution is 7.89. The van der Waals surface area contributed by atoms with Crippen molar-refractivity contribution in [3.05, 3.63) is 23.0 Å². The first-order valence-corrected chi connectivity index (χ1v) is 7.54. The lowest BCUT2D eigenvalue weighted by atomic mass is 10.3. The fourth-order valence-corrected chi connectivity index (χ4v) is 2.82. The highest BCUT2D eigenvalue weighted by atomic mass is 35.5. The average Bonchev–Trinajstić information content (AvgIpc) is 2.33. The van der Waals surface area contributed by atoms with Gasteiger partial charge in [0.05, 0.1) is 18.1 Å². The molecule has 0 aliphatic carbocycles. The number of carbonyl (C=O) groups excluding carboxylic acids is 1. The summed E-state index contributed by atoms with van der Waals surface area (Å²) in [6.45, 7) is 1.62. The number of ether oxygens (including phenoxy) is 1. The SMILES string of the molecule is CCOC(=O)CCNS(=O)(=O)c1cc(N)cc(Cl)c1F. The van der Waals surface area contributed by atoms with E-state index in [0.29, 0.717) is 0 Å². The predicted molar refractivity (Wildman–Crippen MR) is 72.3 cm³/mol. The summed E-state index contributed by atoms with van der Waals surface area (Å²) in [6, 6.07) is 2.06. The van der Waals surface area contributed by atoms with Gasteiger partial charge in [0.25, 0.3) is 0 Å². The Kier molecular flexibility index (Phi) is 5.73. The molecule has 0 saturated heterocycles. The van der Waals surface area contributed by atoms with E-state index in [-0.39, 0.29) is 25.3 Å². The van der Waals surface area contributed by atoms with E-state index in [9.17, 15) is 17.6 Å². The molecule has 1 aromatic rings. The lowest BCUT2D eigenvalue weighted by Gasteiger charge is -2.09. The summed E-state index contributed by atoms with van der Waals surface area (Å²) in [5, 5.41) is -0.393. The molecule has 0 aromatic heterocycles. The van der Waals surface area contributed by atoms with Crippen molar-refractivity contribution in [1.29, 1.82) is 0 Å². The van der Waals surface area contributed by atoms with Crippen LogP contribution in [0.1, 0.15) is 13.3 Å². The molecule has 0 saturated carbocycles. The molecule has 0 aliphatic rings. The van der Waals surface area contributed by atoms with Crippen molar-refractivity contribution in [2.24, 2.45) is 0 Å². The number of nitrogens with one attached hydrogen (secondary N) is 1. The first-order chi connectivity index (χ1) is 9.27. The van der Waals surface area contributed by atoms with Crippen LogP contribution >= 0.6 is 11.6 Å². The minimum atomic E-state index is -4.14. The monoisotopic (exact) mass is 324 g/mol. The molecule has 9 heteroatoms. The molecule has 112 valence electrons. The second-order valence-corrected chi connectivity index (χ2v) is 5.91. The fraction of sp³-hybridized carbons (Fsp3) is 0.364. The molecule has 1 rings (SSSR count). The maximum Gasteiger partial charge on any atom is 0.307 e. The zero-order valence-corrected chi connectivity index (χ0v) is 12.2. The molecule has 0 fully saturated rings. The predicted octanol–water partition coefficient (Wildman–Crippen LogP) is 1.29. The molecule has 0 aliphatic heterocycles. The van der Waals surface area contributed by atoms with Crippen LogP contribution in [0.25, 0.3) is 0 Å². The van der Waals surface area contributed by atoms with Gasteiger partial charge in [-0.3, -0.25) is 4.79 Å². The van der Waals surface area contributed by atoms with Crippen molar-refractivity contribution in [2.45, 2.75) is 18.2 Å². The molecule has 0 bridgehead atoms. The Morgan fingerprint density at radius 2 is 2.15 bits per heavy atom. The maximum atomic E-state index is 13.7. The molecule has 20 heavy (non-hydrogen) atoms. The number of carbonyl (C=O) groups is 1. The molecule has 0 heterocycles. The fourth-order valence-electron chi connectivity index (χ4n) is 1.38. The molecule has 6 nitrogen and oxygen atoms in total. The van der Waals surface area contributed by atoms with Crippen LogP contribution in [0.2, 0.25) is 5.02 Å². The standard InChI is InChI=1S/C11H14ClFN2O4S/c1-2-19-10(16)3-4-15-20(17,18)9-6-7(14)5-8(12)11(9)13/h5-6,15H,2-4,14H2,1H3. The third-order valence-electron chi connectivity index (χ3n) is 2.23. The van der Waals surface area contributed by atoms with Crippen LogP contribution < -0.4 is 10.5 Å². The summed E-state index contributed by atoms with van der Waals surface area (Å²) in [7, 11) is -4.14. The number of hydrogen-bond donors (Lipinski definition) is 2. The first kappa shape index (κ1) is 16.7. The molecule has 0 amide bonds. The number of nitrogen functional groups attached to an aromatic ring is 1. The summed E-state index contributed by atoms with van der Waals surface area (Å²) in [6.07, 6.45) is -0.162. The number of esters is 1. The summed E-state index contributed by atoms with van der Waals surface area (Å²) < 4.78 is 44.2. The van der Waals surface area contributed by atoms with E-state index < -0.39 is 31.7 Å². The molecule has 0 spiro atoms. The van der Waals surface area contributed by atoms with E-state index >= 15 is 0 Å². The number of rotatable bonds is 6. The largest absolute Gasteiger partial charge is 0.466 e. The van der Waals surface area contributed by atoms with Gasteiger partial charge in [-0.1, -0.05) is 11.6 Å². The van der Waals surface area contributed by atoms with Crippen molar-refractivity contribution < 1.29 is 22.3 Å². The van der Waals surface area contributed by atoms with Gasteiger partial charge in [0, 0.05) is 12.2 Å². The number of sulfonamides is 1. The van der Waals surface area contributed by atoms with Gasteiger partial charge >= 0.3 is 5.97 Å². The van der Waals surface area contributed by atoms with Gasteiger partial charge in [-0.05, 0) is 19.1 Å². The zero-order chi connectivity index (χ0) is 15.3. The second kappa shape index (κ2) is 6.87. The van der Waals surface area contributed by atoms with Gasteiger partial charge in [0.1, 0.15) is 4.90 Å². The summed E-state index contributed by atoms with van der Waals surface area (Å²) in [5.41, 5.74) is 5.44. The normalized spacial score (nSPS) is 11.3. The lowest BCUT2D eigenvalue weighted by Crippen LogP contribution is -2.27. The minimum absolute atomic E-state index is 0.0159. The summed E-state index contributed by atoms with van der Waals surface area (Å²) >= 11 is 5.53. The highest BCUT2D eigenvalue weighted by Crippen LogP contribution is 2.25. The number of halogens is 2. The number of anilines is 1. The van der Waals surface area contributed by atoms with Crippen molar-refractivity contribution in [2.75, 3.05) is 18.9 Å². The highest BCUT2D eigenvalue weighted by Gasteiger charge is 2.22. The number of hydrogen-bond acceptors (Lipinski definition) is 5. The Morgan fingerprint density at radius 1 is 1.50 bits per heavy atom. The Hall–Kier alpha value is -1.38. The van der Waals surface area contributed by atoms with E-state index in [1.807, 2.05) is 0 Å². The van der Waals surface area contributed by atoms with Crippen molar-refractivity contribution >= 4 is 33.3 Å². The maximum absolute atomic E-state index is 13.7. The van der Waals surface area contributed by atoms with Gasteiger partial charge in [-0.25, -0.2) is 17.5 Å². The third-order valence-corrected chi connectivity index (χ3v) is 3.97. The lowest BCUT2D eigenvalue weighted by molar-refractivity contribution is -0.142. The van der Waals surface area contributed by atoms with Crippen LogP contribution in [-0.2, 0) is 19.6 Å². The average molecular weight is 325 g/mol. The molecule has 3 N–H and O–H groups in total. The molecular weight excluding hydrogens is 311 g/mol. The van der Waals surface area contributed by atoms with Gasteiger partial charge in [0.2, 0.25) is 10.0 Å². The van der Waals surface area contributed by atoms with Crippen molar-refractivity contribution in [3.63, 3.8) is 0 Å². The summed E-state index contributed by atoms with van der Waals surface area (Å²) in [5.74, 6) is -1.65. The van der Waals surface area contributed by atoms with E-state index in [4.69, 9.17) is 17.3 Å². The van der Waals surface area contributed by atoms with Crippen LogP contribution in [0, 0.1) is 5.82 Å². The van der Waals surface area contributed by atoms with E-state index in [1.165, 1.54) is 0 Å². The Balaban J connectivity index is 2.82. The molecule has 0 radical (unpaired) electrons. The zero-order valence-electron chi connectivity index (χ0n) is 10.7. The topological polar surface area (TPSA) is 98.5 Å². The van der Waals surface area contributed by atoms with Crippen LogP contribution in [0.4, 0.5) is 10.1 Å². The van der Waals surface area contributed by atoms with E-state index in [0.717, 1.165) is 12.1 Å². The Morgan fingerprint density at radius 3 is 2.75 bits per heavy atom. The van der Waals surface area contributed by atoms with Gasteiger partial charge in [-0.15, -0.1) is 0 Å². The van der Waals surface area contributed by atoms with Gasteiger partial charge < -0.3 is 10.5 Å². The van der Waals surface area contributed by atoms with Gasteiger partial charge in [0.15, 0.2) is 5.82 Å². The quantitative estimate of drug-likeness (QED) is 0.607. The smallest absolute Gasteiger partial charge is 0.307 e. The molecule has 1 aromatic carbocycles. The van der Waals surface area contributed by atoms with Crippen LogP contribution in [0.3, 0.4) is 0 Å². The van der Waals surface area contributed by atoms with Crippen molar-refractivity contribution in [1.82, 2.24) is 4.72 Å². The van der Waals surface area contributed by atoms with Crippen LogP contribution in [0.15, 0.2) is 17.0 Å². The first-order valence-electron chi connectivity index (χ1n) is 5.67. The Bertz CT molecular complexity index is 607. The summed E-state index contributed by atoms with van der Waals surface area (Å²) in [4.78, 5) is 10.4.